The fourth-order valence-electron chi connectivity index (χ4n) is 2.65. The summed E-state index contributed by atoms with van der Waals surface area (Å²) in [6.45, 7) is 3.60. The smallest absolute Gasteiger partial charge is 0.356 e. The van der Waals surface area contributed by atoms with E-state index in [1.54, 1.807) is 17.0 Å². The zero-order chi connectivity index (χ0) is 15.2. The molecule has 1 fully saturated rings. The molecule has 1 saturated heterocycles. The highest BCUT2D eigenvalue weighted by atomic mass is 16.4. The van der Waals surface area contributed by atoms with E-state index in [2.05, 4.69) is 17.2 Å². The first kappa shape index (κ1) is 15.3. The molecule has 6 nitrogen and oxygen atoms in total. The number of carboxylic acids is 1. The number of carboxylic acid groups (broad SMARTS) is 1. The summed E-state index contributed by atoms with van der Waals surface area (Å²) in [7, 11) is 0. The molecule has 114 valence electrons. The number of aromatic nitrogens is 1. The van der Waals surface area contributed by atoms with Crippen molar-refractivity contribution in [3.05, 3.63) is 24.0 Å². The number of hydrogen-bond donors (Lipinski definition) is 2. The zero-order valence-electron chi connectivity index (χ0n) is 12.2. The summed E-state index contributed by atoms with van der Waals surface area (Å²) in [6.07, 6.45) is 5.68. The van der Waals surface area contributed by atoms with Crippen LogP contribution in [0.15, 0.2) is 18.3 Å². The summed E-state index contributed by atoms with van der Waals surface area (Å²) in [6, 6.07) is 2.92. The van der Waals surface area contributed by atoms with Crippen LogP contribution in [0.2, 0.25) is 0 Å². The van der Waals surface area contributed by atoms with E-state index in [-0.39, 0.29) is 17.4 Å². The average molecular weight is 291 g/mol. The Hall–Kier alpha value is -2.11. The predicted molar refractivity (Wildman–Crippen MR) is 79.4 cm³/mol. The van der Waals surface area contributed by atoms with Crippen molar-refractivity contribution in [2.75, 3.05) is 18.4 Å². The highest BCUT2D eigenvalue weighted by molar-refractivity contribution is 5.98. The Bertz CT molecular complexity index is 519. The maximum Gasteiger partial charge on any atom is 0.356 e. The predicted octanol–water partition coefficient (Wildman–Crippen LogP) is 2.82. The van der Waals surface area contributed by atoms with Gasteiger partial charge in [0.15, 0.2) is 5.69 Å². The van der Waals surface area contributed by atoms with E-state index in [4.69, 9.17) is 5.11 Å². The topological polar surface area (TPSA) is 82.5 Å². The molecule has 1 atom stereocenters. The third-order valence-corrected chi connectivity index (χ3v) is 3.96. The van der Waals surface area contributed by atoms with Gasteiger partial charge in [-0.15, -0.1) is 0 Å². The van der Waals surface area contributed by atoms with Crippen LogP contribution in [0.5, 0.6) is 0 Å². The SMILES string of the molecule is CCC1CCCN(C(=O)Nc2cccnc2C(=O)O)CC1. The lowest BCUT2D eigenvalue weighted by molar-refractivity contribution is 0.0691. The van der Waals surface area contributed by atoms with Gasteiger partial charge in [0, 0.05) is 19.3 Å². The van der Waals surface area contributed by atoms with Gasteiger partial charge in [0.25, 0.3) is 0 Å². The first-order valence-electron chi connectivity index (χ1n) is 7.36. The maximum atomic E-state index is 12.3. The van der Waals surface area contributed by atoms with E-state index in [1.807, 2.05) is 0 Å². The van der Waals surface area contributed by atoms with Crippen LogP contribution in [0, 0.1) is 5.92 Å². The second-order valence-electron chi connectivity index (χ2n) is 5.33. The fourth-order valence-corrected chi connectivity index (χ4v) is 2.65. The normalized spacial score (nSPS) is 18.9. The molecule has 2 rings (SSSR count). The summed E-state index contributed by atoms with van der Waals surface area (Å²) in [5, 5.41) is 11.7. The fraction of sp³-hybridized carbons (Fsp3) is 0.533. The number of likely N-dealkylation sites (tertiary alicyclic amines) is 1. The van der Waals surface area contributed by atoms with Crippen molar-refractivity contribution in [3.63, 3.8) is 0 Å². The van der Waals surface area contributed by atoms with Crippen LogP contribution in [-0.4, -0.2) is 40.1 Å². The minimum atomic E-state index is -1.15. The van der Waals surface area contributed by atoms with Crippen LogP contribution in [-0.2, 0) is 0 Å². The van der Waals surface area contributed by atoms with Crippen molar-refractivity contribution >= 4 is 17.7 Å². The van der Waals surface area contributed by atoms with Gasteiger partial charge >= 0.3 is 12.0 Å². The number of carbonyl (C=O) groups is 2. The molecule has 0 aromatic carbocycles. The second kappa shape index (κ2) is 7.06. The number of anilines is 1. The first-order valence-corrected chi connectivity index (χ1v) is 7.36. The zero-order valence-corrected chi connectivity index (χ0v) is 12.2. The van der Waals surface area contributed by atoms with Gasteiger partial charge in [0.2, 0.25) is 0 Å². The molecule has 2 N–H and O–H groups in total. The Morgan fingerprint density at radius 3 is 2.95 bits per heavy atom. The van der Waals surface area contributed by atoms with Crippen LogP contribution in [0.25, 0.3) is 0 Å². The molecular weight excluding hydrogens is 270 g/mol. The lowest BCUT2D eigenvalue weighted by atomic mass is 9.98. The van der Waals surface area contributed by atoms with Crippen molar-refractivity contribution in [1.82, 2.24) is 9.88 Å². The van der Waals surface area contributed by atoms with Crippen LogP contribution in [0.1, 0.15) is 43.1 Å². The maximum absolute atomic E-state index is 12.3. The molecule has 1 unspecified atom stereocenters. The highest BCUT2D eigenvalue weighted by Gasteiger charge is 2.21. The Labute approximate surface area is 124 Å². The number of nitrogens with one attached hydrogen (secondary N) is 1. The number of pyridine rings is 1. The largest absolute Gasteiger partial charge is 0.476 e. The van der Waals surface area contributed by atoms with Crippen LogP contribution >= 0.6 is 0 Å². The molecule has 1 aliphatic heterocycles. The molecule has 1 aromatic rings. The number of carbonyl (C=O) groups excluding carboxylic acids is 1. The van der Waals surface area contributed by atoms with Crippen molar-refractivity contribution in [2.24, 2.45) is 5.92 Å². The van der Waals surface area contributed by atoms with Crippen LogP contribution in [0.3, 0.4) is 0 Å². The summed E-state index contributed by atoms with van der Waals surface area (Å²) in [5.41, 5.74) is 0.110. The quantitative estimate of drug-likeness (QED) is 0.897. The minimum Gasteiger partial charge on any atom is -0.476 e. The van der Waals surface area contributed by atoms with Crippen molar-refractivity contribution < 1.29 is 14.7 Å². The van der Waals surface area contributed by atoms with E-state index in [0.717, 1.165) is 25.7 Å². The number of nitrogens with zero attached hydrogens (tertiary/aromatic N) is 2. The number of aromatic carboxylic acids is 1. The standard InChI is InChI=1S/C15H21N3O3/c1-2-11-5-4-9-18(10-7-11)15(21)17-12-6-3-8-16-13(12)14(19)20/h3,6,8,11H,2,4-5,7,9-10H2,1H3,(H,17,21)(H,19,20). The molecule has 2 heterocycles. The van der Waals surface area contributed by atoms with Gasteiger partial charge in [0.1, 0.15) is 0 Å². The van der Waals surface area contributed by atoms with Gasteiger partial charge in [0.05, 0.1) is 5.69 Å². The van der Waals surface area contributed by atoms with E-state index in [1.165, 1.54) is 6.20 Å². The third-order valence-electron chi connectivity index (χ3n) is 3.96. The molecule has 0 bridgehead atoms. The van der Waals surface area contributed by atoms with Gasteiger partial charge < -0.3 is 15.3 Å². The molecule has 6 heteroatoms. The van der Waals surface area contributed by atoms with Gasteiger partial charge in [-0.1, -0.05) is 13.3 Å². The van der Waals surface area contributed by atoms with Crippen molar-refractivity contribution in [1.29, 1.82) is 0 Å². The Balaban J connectivity index is 2.03. The van der Waals surface area contributed by atoms with E-state index < -0.39 is 5.97 Å². The van der Waals surface area contributed by atoms with Crippen molar-refractivity contribution in [3.8, 4) is 0 Å². The van der Waals surface area contributed by atoms with Crippen LogP contribution < -0.4 is 5.32 Å². The molecule has 1 aliphatic rings. The van der Waals surface area contributed by atoms with Gasteiger partial charge in [-0.25, -0.2) is 14.6 Å². The van der Waals surface area contributed by atoms with Crippen LogP contribution in [0.4, 0.5) is 10.5 Å². The van der Waals surface area contributed by atoms with E-state index in [0.29, 0.717) is 19.0 Å². The summed E-state index contributed by atoms with van der Waals surface area (Å²) < 4.78 is 0. The molecule has 21 heavy (non-hydrogen) atoms. The Kier molecular flexibility index (Phi) is 5.14. The Morgan fingerprint density at radius 2 is 2.24 bits per heavy atom. The number of rotatable bonds is 3. The Morgan fingerprint density at radius 1 is 1.43 bits per heavy atom. The van der Waals surface area contributed by atoms with Gasteiger partial charge in [-0.05, 0) is 37.3 Å². The molecule has 0 aliphatic carbocycles. The molecule has 0 spiro atoms. The monoisotopic (exact) mass is 291 g/mol. The molecule has 0 radical (unpaired) electrons. The summed E-state index contributed by atoms with van der Waals surface area (Å²) in [4.78, 5) is 28.9. The second-order valence-corrected chi connectivity index (χ2v) is 5.33. The summed E-state index contributed by atoms with van der Waals surface area (Å²) in [5.74, 6) is -0.469. The highest BCUT2D eigenvalue weighted by Crippen LogP contribution is 2.21. The average Bonchev–Trinajstić information content (AvgIpc) is 2.73. The molecule has 1 aromatic heterocycles. The molecule has 0 saturated carbocycles. The van der Waals surface area contributed by atoms with E-state index >= 15 is 0 Å². The first-order chi connectivity index (χ1) is 10.1. The number of urea groups is 1. The van der Waals surface area contributed by atoms with Gasteiger partial charge in [-0.2, -0.15) is 0 Å². The minimum absolute atomic E-state index is 0.132. The lowest BCUT2D eigenvalue weighted by Gasteiger charge is -2.21. The third kappa shape index (κ3) is 3.93. The number of amides is 2. The van der Waals surface area contributed by atoms with Crippen molar-refractivity contribution in [2.45, 2.75) is 32.6 Å². The van der Waals surface area contributed by atoms with E-state index in [9.17, 15) is 9.59 Å². The molecule has 2 amide bonds. The lowest BCUT2D eigenvalue weighted by Crippen LogP contribution is -2.36. The summed E-state index contributed by atoms with van der Waals surface area (Å²) >= 11 is 0. The van der Waals surface area contributed by atoms with Gasteiger partial charge in [-0.3, -0.25) is 0 Å². The molecular formula is C15H21N3O3. The number of hydrogen-bond acceptors (Lipinski definition) is 3.